The average Bonchev–Trinajstić information content (AvgIpc) is 3.16. The standard InChI is InChI=1S/C24H35N3O3S2/c1-16(2)30-23(28)26-18-12-13-19(21(14-18)32(6,29)27-24(3,4)5)20-15-25-22(31-20)17-10-8-7-9-11-17/h12-17H,6-11H2,1-5H3,(H,26,28)(H,27,29). The van der Waals surface area contributed by atoms with Crippen LogP contribution in [0.15, 0.2) is 29.3 Å². The topological polar surface area (TPSA) is 80.3 Å². The van der Waals surface area contributed by atoms with Gasteiger partial charge in [-0.1, -0.05) is 25.3 Å². The minimum atomic E-state index is -2.86. The van der Waals surface area contributed by atoms with Gasteiger partial charge in [0.15, 0.2) is 0 Å². The smallest absolute Gasteiger partial charge is 0.411 e. The lowest BCUT2D eigenvalue weighted by molar-refractivity contribution is 0.130. The van der Waals surface area contributed by atoms with E-state index in [1.165, 1.54) is 32.1 Å². The summed E-state index contributed by atoms with van der Waals surface area (Å²) in [5, 5.41) is 3.88. The second kappa shape index (κ2) is 9.93. The minimum absolute atomic E-state index is 0.233. The number of hydrogen-bond donors (Lipinski definition) is 2. The van der Waals surface area contributed by atoms with Crippen LogP contribution in [0, 0.1) is 0 Å². The van der Waals surface area contributed by atoms with Crippen molar-refractivity contribution < 1.29 is 13.7 Å². The first kappa shape index (κ1) is 24.7. The zero-order valence-electron chi connectivity index (χ0n) is 19.7. The Morgan fingerprint density at radius 1 is 1.25 bits per heavy atom. The predicted octanol–water partition coefficient (Wildman–Crippen LogP) is 6.19. The number of ether oxygens (including phenoxy) is 1. The lowest BCUT2D eigenvalue weighted by Gasteiger charge is -2.25. The molecule has 1 fully saturated rings. The molecule has 0 spiro atoms. The predicted molar refractivity (Wildman–Crippen MR) is 135 cm³/mol. The number of amides is 1. The molecule has 0 radical (unpaired) electrons. The van der Waals surface area contributed by atoms with Gasteiger partial charge in [-0.25, -0.2) is 18.7 Å². The molecule has 1 aromatic carbocycles. The normalized spacial score (nSPS) is 17.2. The molecule has 1 aliphatic carbocycles. The highest BCUT2D eigenvalue weighted by molar-refractivity contribution is 7.98. The number of carbonyl (C=O) groups excluding carboxylic acids is 1. The first-order chi connectivity index (χ1) is 14.9. The lowest BCUT2D eigenvalue weighted by Crippen LogP contribution is -2.40. The Kier molecular flexibility index (Phi) is 7.68. The van der Waals surface area contributed by atoms with E-state index in [4.69, 9.17) is 9.72 Å². The van der Waals surface area contributed by atoms with Crippen LogP contribution in [0.25, 0.3) is 10.4 Å². The number of aromatic nitrogens is 1. The van der Waals surface area contributed by atoms with Crippen molar-refractivity contribution in [3.8, 4) is 10.4 Å². The molecule has 1 aliphatic rings. The zero-order chi connectivity index (χ0) is 23.5. The van der Waals surface area contributed by atoms with Crippen molar-refractivity contribution in [1.29, 1.82) is 0 Å². The fourth-order valence-electron chi connectivity index (χ4n) is 3.94. The first-order valence-electron chi connectivity index (χ1n) is 11.2. The molecule has 1 saturated carbocycles. The van der Waals surface area contributed by atoms with E-state index < -0.39 is 21.3 Å². The molecule has 1 aromatic heterocycles. The van der Waals surface area contributed by atoms with Gasteiger partial charge in [0.1, 0.15) is 0 Å². The van der Waals surface area contributed by atoms with Crippen molar-refractivity contribution in [1.82, 2.24) is 9.71 Å². The van der Waals surface area contributed by atoms with Crippen LogP contribution in [0.2, 0.25) is 0 Å². The fourth-order valence-corrected chi connectivity index (χ4v) is 7.08. The average molecular weight is 478 g/mol. The number of nitrogens with zero attached hydrogens (tertiary/aromatic N) is 1. The number of anilines is 1. The van der Waals surface area contributed by atoms with Crippen molar-refractivity contribution in [3.05, 3.63) is 29.4 Å². The molecular formula is C24H35N3O3S2. The number of nitrogens with one attached hydrogen (secondary N) is 2. The SMILES string of the molecule is C=S(=O)(NC(C)(C)C)c1cc(NC(=O)OC(C)C)ccc1-c1cnc(C2CCCCC2)s1. The highest BCUT2D eigenvalue weighted by Gasteiger charge is 2.24. The summed E-state index contributed by atoms with van der Waals surface area (Å²) in [4.78, 5) is 18.3. The summed E-state index contributed by atoms with van der Waals surface area (Å²) in [7, 11) is -2.86. The van der Waals surface area contributed by atoms with E-state index in [1.54, 1.807) is 37.3 Å². The molecule has 0 bridgehead atoms. The molecule has 2 aromatic rings. The van der Waals surface area contributed by atoms with Crippen LogP contribution in [-0.4, -0.2) is 32.8 Å². The van der Waals surface area contributed by atoms with Crippen LogP contribution in [0.5, 0.6) is 0 Å². The summed E-state index contributed by atoms with van der Waals surface area (Å²) in [6.07, 6.45) is 7.25. The third-order valence-electron chi connectivity index (χ3n) is 5.14. The highest BCUT2D eigenvalue weighted by atomic mass is 32.2. The summed E-state index contributed by atoms with van der Waals surface area (Å²) < 4.78 is 22.1. The summed E-state index contributed by atoms with van der Waals surface area (Å²) in [5.74, 6) is 4.54. The zero-order valence-corrected chi connectivity index (χ0v) is 21.3. The largest absolute Gasteiger partial charge is 0.447 e. The minimum Gasteiger partial charge on any atom is -0.447 e. The Morgan fingerprint density at radius 2 is 1.94 bits per heavy atom. The van der Waals surface area contributed by atoms with Gasteiger partial charge in [0.2, 0.25) is 0 Å². The highest BCUT2D eigenvalue weighted by Crippen LogP contribution is 2.39. The van der Waals surface area contributed by atoms with Gasteiger partial charge >= 0.3 is 6.09 Å². The van der Waals surface area contributed by atoms with Gasteiger partial charge in [0, 0.05) is 28.9 Å². The third-order valence-corrected chi connectivity index (χ3v) is 8.32. The van der Waals surface area contributed by atoms with E-state index >= 15 is 0 Å². The number of benzene rings is 1. The molecule has 1 heterocycles. The maximum absolute atomic E-state index is 13.7. The van der Waals surface area contributed by atoms with E-state index in [0.717, 1.165) is 15.4 Å². The van der Waals surface area contributed by atoms with Gasteiger partial charge in [0.05, 0.1) is 30.6 Å². The van der Waals surface area contributed by atoms with Crippen LogP contribution in [0.4, 0.5) is 10.5 Å². The van der Waals surface area contributed by atoms with Crippen molar-refractivity contribution in [3.63, 3.8) is 0 Å². The molecule has 0 saturated heterocycles. The van der Waals surface area contributed by atoms with Crippen LogP contribution in [0.1, 0.15) is 77.6 Å². The van der Waals surface area contributed by atoms with Crippen LogP contribution < -0.4 is 10.0 Å². The Balaban J connectivity index is 1.99. The number of thiazole rings is 1. The molecule has 1 amide bonds. The van der Waals surface area contributed by atoms with Crippen LogP contribution >= 0.6 is 11.3 Å². The van der Waals surface area contributed by atoms with Crippen LogP contribution in [0.3, 0.4) is 0 Å². The molecule has 8 heteroatoms. The second-order valence-electron chi connectivity index (χ2n) is 9.72. The maximum Gasteiger partial charge on any atom is 0.411 e. The van der Waals surface area contributed by atoms with Gasteiger partial charge in [0.25, 0.3) is 0 Å². The number of hydrogen-bond acceptors (Lipinski definition) is 5. The summed E-state index contributed by atoms with van der Waals surface area (Å²) in [6, 6.07) is 5.41. The van der Waals surface area contributed by atoms with E-state index in [9.17, 15) is 9.00 Å². The Bertz CT molecular complexity index is 1050. The first-order valence-corrected chi connectivity index (χ1v) is 13.7. The van der Waals surface area contributed by atoms with Crippen molar-refractivity contribution in [2.45, 2.75) is 89.2 Å². The van der Waals surface area contributed by atoms with E-state index in [-0.39, 0.29) is 6.10 Å². The molecule has 0 aliphatic heterocycles. The Hall–Kier alpha value is -1.90. The van der Waals surface area contributed by atoms with E-state index in [2.05, 4.69) is 15.9 Å². The summed E-state index contributed by atoms with van der Waals surface area (Å²) in [5.41, 5.74) is 0.930. The third kappa shape index (κ3) is 6.56. The molecule has 1 atom stereocenters. The van der Waals surface area contributed by atoms with Gasteiger partial charge in [-0.05, 0) is 65.5 Å². The van der Waals surface area contributed by atoms with Crippen molar-refractivity contribution in [2.24, 2.45) is 0 Å². The number of rotatable bonds is 6. The van der Waals surface area contributed by atoms with Gasteiger partial charge < -0.3 is 4.74 Å². The summed E-state index contributed by atoms with van der Waals surface area (Å²) >= 11 is 1.66. The molecule has 1 unspecified atom stereocenters. The number of carbonyl (C=O) groups is 1. The molecule has 2 N–H and O–H groups in total. The molecule has 3 rings (SSSR count). The van der Waals surface area contributed by atoms with E-state index in [0.29, 0.717) is 16.5 Å². The Morgan fingerprint density at radius 3 is 2.56 bits per heavy atom. The van der Waals surface area contributed by atoms with Crippen molar-refractivity contribution >= 4 is 38.7 Å². The maximum atomic E-state index is 13.7. The van der Waals surface area contributed by atoms with Crippen molar-refractivity contribution in [2.75, 3.05) is 5.32 Å². The fraction of sp³-hybridized carbons (Fsp3) is 0.542. The second-order valence-corrected chi connectivity index (χ2v) is 12.8. The van der Waals surface area contributed by atoms with Gasteiger partial charge in [-0.2, -0.15) is 0 Å². The molecule has 176 valence electrons. The summed E-state index contributed by atoms with van der Waals surface area (Å²) in [6.45, 7) is 9.43. The Labute approximate surface area is 196 Å². The lowest BCUT2D eigenvalue weighted by atomic mass is 9.90. The molecular weight excluding hydrogens is 442 g/mol. The van der Waals surface area contributed by atoms with E-state index in [1.807, 2.05) is 33.0 Å². The quantitative estimate of drug-likeness (QED) is 0.486. The van der Waals surface area contributed by atoms with Crippen LogP contribution in [-0.2, 0) is 14.4 Å². The van der Waals surface area contributed by atoms with Gasteiger partial charge in [-0.15, -0.1) is 11.3 Å². The van der Waals surface area contributed by atoms with Gasteiger partial charge in [-0.3, -0.25) is 5.32 Å². The molecule has 6 nitrogen and oxygen atoms in total. The molecule has 32 heavy (non-hydrogen) atoms. The monoisotopic (exact) mass is 477 g/mol.